The first-order chi connectivity index (χ1) is 8.77. The predicted octanol–water partition coefficient (Wildman–Crippen LogP) is 1.00. The van der Waals surface area contributed by atoms with Crippen LogP contribution >= 0.6 is 0 Å². The second-order valence-corrected chi connectivity index (χ2v) is 4.07. The van der Waals surface area contributed by atoms with Crippen molar-refractivity contribution < 1.29 is 23.6 Å². The quantitative estimate of drug-likeness (QED) is 0.487. The van der Waals surface area contributed by atoms with Crippen LogP contribution in [0.2, 0.25) is 0 Å². The molecule has 0 spiro atoms. The fraction of sp³-hybridized carbons (Fsp3) is 0.364. The van der Waals surface area contributed by atoms with Crippen molar-refractivity contribution >= 4 is 11.7 Å². The van der Waals surface area contributed by atoms with Crippen LogP contribution in [0.15, 0.2) is 18.2 Å². The summed E-state index contributed by atoms with van der Waals surface area (Å²) in [4.78, 5) is 21.0. The number of hydrogen-bond donors (Lipinski definition) is 1. The van der Waals surface area contributed by atoms with Crippen molar-refractivity contribution in [2.45, 2.75) is 12.5 Å². The lowest BCUT2D eigenvalue weighted by atomic mass is 10.1. The van der Waals surface area contributed by atoms with Crippen LogP contribution in [-0.2, 0) is 9.53 Å². The summed E-state index contributed by atoms with van der Waals surface area (Å²) in [5.41, 5.74) is 3.78. The average Bonchev–Trinajstić information content (AvgIpc) is 2.36. The first kappa shape index (κ1) is 14.8. The molecule has 1 unspecified atom stereocenters. The van der Waals surface area contributed by atoms with Crippen LogP contribution < -0.4 is 10.5 Å². The number of nitrogens with zero attached hydrogens (tertiary/aromatic N) is 1. The highest BCUT2D eigenvalue weighted by molar-refractivity contribution is 5.80. The molecule has 19 heavy (non-hydrogen) atoms. The third kappa shape index (κ3) is 3.62. The summed E-state index contributed by atoms with van der Waals surface area (Å²) in [5, 5.41) is 10.4. The number of ether oxygens (including phenoxy) is 2. The Hall–Kier alpha value is -2.22. The van der Waals surface area contributed by atoms with Gasteiger partial charge in [0.25, 0.3) is 5.69 Å². The van der Waals surface area contributed by atoms with Crippen LogP contribution in [0.5, 0.6) is 5.75 Å². The number of methoxy groups -OCH3 is 1. The van der Waals surface area contributed by atoms with E-state index >= 15 is 0 Å². The first-order valence-corrected chi connectivity index (χ1v) is 5.22. The van der Waals surface area contributed by atoms with Gasteiger partial charge in [-0.15, -0.1) is 0 Å². The molecular weight excluding hydrogens is 259 g/mol. The van der Waals surface area contributed by atoms with Crippen LogP contribution in [-0.4, -0.2) is 30.1 Å². The van der Waals surface area contributed by atoms with Crippen molar-refractivity contribution in [2.75, 3.05) is 13.7 Å². The largest absolute Gasteiger partial charge is 0.488 e. The molecule has 1 aromatic rings. The van der Waals surface area contributed by atoms with Gasteiger partial charge in [-0.3, -0.25) is 10.1 Å². The van der Waals surface area contributed by atoms with E-state index < -0.39 is 27.9 Å². The average molecular weight is 272 g/mol. The zero-order valence-corrected chi connectivity index (χ0v) is 10.4. The zero-order chi connectivity index (χ0) is 14.6. The van der Waals surface area contributed by atoms with Crippen LogP contribution in [0.4, 0.5) is 10.1 Å². The number of carbonyl (C=O) groups is 1. The second-order valence-electron chi connectivity index (χ2n) is 4.07. The maximum absolute atomic E-state index is 13.5. The summed E-state index contributed by atoms with van der Waals surface area (Å²) in [6.45, 7) is 1.04. The Morgan fingerprint density at radius 3 is 2.68 bits per heavy atom. The standard InChI is InChI=1S/C11H13FN2O5/c1-11(13,10(15)18-2)6-19-9-4-3-7(14(16)17)5-8(9)12/h3-5H,6,13H2,1-2H3. The zero-order valence-electron chi connectivity index (χ0n) is 10.4. The van der Waals surface area contributed by atoms with E-state index in [-0.39, 0.29) is 12.4 Å². The van der Waals surface area contributed by atoms with Gasteiger partial charge in [0.2, 0.25) is 0 Å². The number of rotatable bonds is 5. The van der Waals surface area contributed by atoms with E-state index in [1.165, 1.54) is 14.0 Å². The smallest absolute Gasteiger partial charge is 0.329 e. The Morgan fingerprint density at radius 1 is 1.58 bits per heavy atom. The molecule has 1 rings (SSSR count). The van der Waals surface area contributed by atoms with Gasteiger partial charge in [0.15, 0.2) is 11.6 Å². The van der Waals surface area contributed by atoms with E-state index in [4.69, 9.17) is 10.5 Å². The number of esters is 1. The summed E-state index contributed by atoms with van der Waals surface area (Å²) in [7, 11) is 1.17. The molecule has 1 atom stereocenters. The summed E-state index contributed by atoms with van der Waals surface area (Å²) in [6.07, 6.45) is 0. The first-order valence-electron chi connectivity index (χ1n) is 5.22. The molecule has 0 radical (unpaired) electrons. The Kier molecular flexibility index (Phi) is 4.38. The van der Waals surface area contributed by atoms with Crippen molar-refractivity contribution in [1.82, 2.24) is 0 Å². The Balaban J connectivity index is 2.79. The van der Waals surface area contributed by atoms with E-state index in [0.717, 1.165) is 18.2 Å². The Morgan fingerprint density at radius 2 is 2.21 bits per heavy atom. The molecule has 0 aliphatic rings. The van der Waals surface area contributed by atoms with Crippen LogP contribution in [0.3, 0.4) is 0 Å². The van der Waals surface area contributed by atoms with E-state index in [1.807, 2.05) is 0 Å². The molecule has 0 saturated heterocycles. The number of benzene rings is 1. The SMILES string of the molecule is COC(=O)C(C)(N)COc1ccc([N+](=O)[O-])cc1F. The lowest BCUT2D eigenvalue weighted by molar-refractivity contribution is -0.385. The van der Waals surface area contributed by atoms with Gasteiger partial charge >= 0.3 is 5.97 Å². The van der Waals surface area contributed by atoms with Gasteiger partial charge in [0.05, 0.1) is 18.1 Å². The summed E-state index contributed by atoms with van der Waals surface area (Å²) < 4.78 is 23.0. The number of non-ortho nitro benzene ring substituents is 1. The minimum Gasteiger partial charge on any atom is -0.488 e. The van der Waals surface area contributed by atoms with Crippen LogP contribution in [0.25, 0.3) is 0 Å². The topological polar surface area (TPSA) is 105 Å². The number of nitrogens with two attached hydrogens (primary N) is 1. The second kappa shape index (κ2) is 5.61. The van der Waals surface area contributed by atoms with E-state index in [2.05, 4.69) is 4.74 Å². The molecule has 2 N–H and O–H groups in total. The fourth-order valence-electron chi connectivity index (χ4n) is 1.24. The van der Waals surface area contributed by atoms with E-state index in [0.29, 0.717) is 0 Å². The molecule has 8 heteroatoms. The Labute approximate surface area is 108 Å². The van der Waals surface area contributed by atoms with Crippen molar-refractivity contribution in [2.24, 2.45) is 5.73 Å². The molecule has 0 aliphatic carbocycles. The van der Waals surface area contributed by atoms with Crippen molar-refractivity contribution in [1.29, 1.82) is 0 Å². The van der Waals surface area contributed by atoms with Crippen LogP contribution in [0, 0.1) is 15.9 Å². The number of carbonyl (C=O) groups excluding carboxylic acids is 1. The third-order valence-electron chi connectivity index (χ3n) is 2.31. The molecule has 1 aromatic carbocycles. The predicted molar refractivity (Wildman–Crippen MR) is 63.2 cm³/mol. The van der Waals surface area contributed by atoms with Gasteiger partial charge in [-0.25, -0.2) is 9.18 Å². The van der Waals surface area contributed by atoms with E-state index in [9.17, 15) is 19.3 Å². The number of nitro benzene ring substituents is 1. The number of halogens is 1. The molecule has 0 heterocycles. The highest BCUT2D eigenvalue weighted by Crippen LogP contribution is 2.23. The van der Waals surface area contributed by atoms with E-state index in [1.54, 1.807) is 0 Å². The third-order valence-corrected chi connectivity index (χ3v) is 2.31. The van der Waals surface area contributed by atoms with Gasteiger partial charge in [-0.2, -0.15) is 0 Å². The van der Waals surface area contributed by atoms with Gasteiger partial charge < -0.3 is 15.2 Å². The van der Waals surface area contributed by atoms with Gasteiger partial charge in [-0.05, 0) is 13.0 Å². The van der Waals surface area contributed by atoms with Crippen molar-refractivity contribution in [3.63, 3.8) is 0 Å². The van der Waals surface area contributed by atoms with Crippen molar-refractivity contribution in [3.8, 4) is 5.75 Å². The molecule has 0 fully saturated rings. The molecule has 104 valence electrons. The molecule has 0 aliphatic heterocycles. The van der Waals surface area contributed by atoms with Gasteiger partial charge in [0.1, 0.15) is 12.1 Å². The summed E-state index contributed by atoms with van der Waals surface area (Å²) in [6, 6.07) is 2.91. The molecule has 0 amide bonds. The molecular formula is C11H13FN2O5. The van der Waals surface area contributed by atoms with Crippen molar-refractivity contribution in [3.05, 3.63) is 34.1 Å². The van der Waals surface area contributed by atoms with Gasteiger partial charge in [0, 0.05) is 6.07 Å². The molecule has 0 saturated carbocycles. The minimum absolute atomic E-state index is 0.230. The maximum Gasteiger partial charge on any atom is 0.329 e. The maximum atomic E-state index is 13.5. The summed E-state index contributed by atoms with van der Waals surface area (Å²) >= 11 is 0. The molecule has 0 aromatic heterocycles. The fourth-order valence-corrected chi connectivity index (χ4v) is 1.24. The lowest BCUT2D eigenvalue weighted by Crippen LogP contribution is -2.50. The Bertz CT molecular complexity index is 504. The lowest BCUT2D eigenvalue weighted by Gasteiger charge is -2.21. The number of nitro groups is 1. The van der Waals surface area contributed by atoms with Gasteiger partial charge in [-0.1, -0.05) is 0 Å². The minimum atomic E-state index is -1.44. The highest BCUT2D eigenvalue weighted by atomic mass is 19.1. The highest BCUT2D eigenvalue weighted by Gasteiger charge is 2.31. The van der Waals surface area contributed by atoms with Crippen LogP contribution in [0.1, 0.15) is 6.92 Å². The normalized spacial score (nSPS) is 13.5. The summed E-state index contributed by atoms with van der Waals surface area (Å²) in [5.74, 6) is -1.85. The molecule has 0 bridgehead atoms. The number of hydrogen-bond acceptors (Lipinski definition) is 6. The molecule has 7 nitrogen and oxygen atoms in total. The monoisotopic (exact) mass is 272 g/mol.